The third kappa shape index (κ3) is 1.73. The monoisotopic (exact) mass is 241 g/mol. The Kier molecular flexibility index (Phi) is 2.41. The van der Waals surface area contributed by atoms with Crippen molar-refractivity contribution in [1.29, 1.82) is 0 Å². The van der Waals surface area contributed by atoms with E-state index in [2.05, 4.69) is 30.1 Å². The minimum atomic E-state index is 0.787. The molecular formula is C15H12ClN. The van der Waals surface area contributed by atoms with E-state index in [0.717, 1.165) is 21.7 Å². The fraction of sp³-hybridized carbons (Fsp3) is 0.0667. The van der Waals surface area contributed by atoms with Crippen LogP contribution >= 0.6 is 11.6 Å². The first-order valence-corrected chi connectivity index (χ1v) is 5.96. The highest BCUT2D eigenvalue weighted by molar-refractivity contribution is 6.33. The number of benzene rings is 2. The number of aryl methyl sites for hydroxylation is 1. The lowest BCUT2D eigenvalue weighted by atomic mass is 10.0. The van der Waals surface area contributed by atoms with Gasteiger partial charge in [-0.05, 0) is 30.2 Å². The van der Waals surface area contributed by atoms with Crippen LogP contribution in [0.4, 0.5) is 0 Å². The number of H-pyrrole nitrogens is 1. The summed E-state index contributed by atoms with van der Waals surface area (Å²) in [6.07, 6.45) is 2.03. The van der Waals surface area contributed by atoms with E-state index in [1.165, 1.54) is 10.9 Å². The van der Waals surface area contributed by atoms with Gasteiger partial charge in [-0.15, -0.1) is 0 Å². The first-order valence-electron chi connectivity index (χ1n) is 5.58. The minimum Gasteiger partial charge on any atom is -0.361 e. The Hall–Kier alpha value is -1.73. The molecule has 0 aliphatic heterocycles. The maximum atomic E-state index is 6.20. The lowest BCUT2D eigenvalue weighted by Crippen LogP contribution is -1.79. The second kappa shape index (κ2) is 3.94. The Labute approximate surface area is 105 Å². The highest BCUT2D eigenvalue weighted by Crippen LogP contribution is 2.30. The van der Waals surface area contributed by atoms with E-state index in [-0.39, 0.29) is 0 Å². The van der Waals surface area contributed by atoms with Crippen molar-refractivity contribution in [2.75, 3.05) is 0 Å². The average molecular weight is 242 g/mol. The van der Waals surface area contributed by atoms with Gasteiger partial charge in [0.05, 0.1) is 0 Å². The minimum absolute atomic E-state index is 0.787. The van der Waals surface area contributed by atoms with Crippen LogP contribution in [0.1, 0.15) is 5.56 Å². The predicted molar refractivity (Wildman–Crippen MR) is 73.5 cm³/mol. The number of nitrogens with one attached hydrogen (secondary N) is 1. The lowest BCUT2D eigenvalue weighted by molar-refractivity contribution is 1.43. The van der Waals surface area contributed by atoms with Gasteiger partial charge in [-0.25, -0.2) is 0 Å². The molecule has 0 aliphatic carbocycles. The molecule has 84 valence electrons. The standard InChI is InChI=1S/C15H12ClN/c1-10-9-17-15-8-11(6-7-12(10)15)13-4-2-3-5-14(13)16/h2-9,17H,1H3. The van der Waals surface area contributed by atoms with E-state index in [9.17, 15) is 0 Å². The Bertz CT molecular complexity index is 682. The molecule has 1 heterocycles. The highest BCUT2D eigenvalue weighted by Gasteiger charge is 2.05. The van der Waals surface area contributed by atoms with Gasteiger partial charge in [0.15, 0.2) is 0 Å². The van der Waals surface area contributed by atoms with Gasteiger partial charge < -0.3 is 4.98 Å². The SMILES string of the molecule is Cc1c[nH]c2cc(-c3ccccc3Cl)ccc12. The number of halogens is 1. The Morgan fingerprint density at radius 1 is 1.06 bits per heavy atom. The van der Waals surface area contributed by atoms with Crippen molar-refractivity contribution in [3.05, 3.63) is 59.2 Å². The van der Waals surface area contributed by atoms with Crippen LogP contribution in [-0.4, -0.2) is 4.98 Å². The third-order valence-corrected chi connectivity index (χ3v) is 3.40. The molecule has 1 aromatic heterocycles. The van der Waals surface area contributed by atoms with E-state index >= 15 is 0 Å². The molecular weight excluding hydrogens is 230 g/mol. The highest BCUT2D eigenvalue weighted by atomic mass is 35.5. The van der Waals surface area contributed by atoms with Crippen LogP contribution in [0.3, 0.4) is 0 Å². The first-order chi connectivity index (χ1) is 8.25. The number of hydrogen-bond donors (Lipinski definition) is 1. The first kappa shape index (κ1) is 10.4. The molecule has 0 radical (unpaired) electrons. The molecule has 2 aromatic carbocycles. The molecule has 3 rings (SSSR count). The predicted octanol–water partition coefficient (Wildman–Crippen LogP) is 4.80. The van der Waals surface area contributed by atoms with Gasteiger partial charge in [0, 0.05) is 27.7 Å². The molecule has 0 aliphatic rings. The van der Waals surface area contributed by atoms with Gasteiger partial charge in [0.1, 0.15) is 0 Å². The Morgan fingerprint density at radius 3 is 2.71 bits per heavy atom. The van der Waals surface area contributed by atoms with Crippen LogP contribution < -0.4 is 0 Å². The van der Waals surface area contributed by atoms with Gasteiger partial charge in [0.25, 0.3) is 0 Å². The van der Waals surface area contributed by atoms with E-state index in [4.69, 9.17) is 11.6 Å². The molecule has 17 heavy (non-hydrogen) atoms. The summed E-state index contributed by atoms with van der Waals surface area (Å²) >= 11 is 6.20. The number of rotatable bonds is 1. The van der Waals surface area contributed by atoms with Crippen LogP contribution in [0.25, 0.3) is 22.0 Å². The molecule has 1 N–H and O–H groups in total. The van der Waals surface area contributed by atoms with Gasteiger partial charge in [0.2, 0.25) is 0 Å². The van der Waals surface area contributed by atoms with Crippen LogP contribution in [0.15, 0.2) is 48.7 Å². The summed E-state index contributed by atoms with van der Waals surface area (Å²) in [6, 6.07) is 14.3. The third-order valence-electron chi connectivity index (χ3n) is 3.07. The molecule has 0 saturated heterocycles. The molecule has 0 saturated carbocycles. The van der Waals surface area contributed by atoms with Crippen LogP contribution in [0, 0.1) is 6.92 Å². The summed E-state index contributed by atoms with van der Waals surface area (Å²) in [5.41, 5.74) is 4.64. The summed E-state index contributed by atoms with van der Waals surface area (Å²) in [7, 11) is 0. The summed E-state index contributed by atoms with van der Waals surface area (Å²) < 4.78 is 0. The van der Waals surface area contributed by atoms with Gasteiger partial charge in [-0.3, -0.25) is 0 Å². The van der Waals surface area contributed by atoms with Crippen LogP contribution in [0.5, 0.6) is 0 Å². The molecule has 0 unspecified atom stereocenters. The quantitative estimate of drug-likeness (QED) is 0.630. The van der Waals surface area contributed by atoms with Crippen molar-refractivity contribution in [3.8, 4) is 11.1 Å². The fourth-order valence-corrected chi connectivity index (χ4v) is 2.38. The maximum Gasteiger partial charge on any atom is 0.0484 e. The van der Waals surface area contributed by atoms with Crippen LogP contribution in [-0.2, 0) is 0 Å². The molecule has 2 heteroatoms. The van der Waals surface area contributed by atoms with Crippen molar-refractivity contribution in [3.63, 3.8) is 0 Å². The second-order valence-electron chi connectivity index (χ2n) is 4.21. The Balaban J connectivity index is 2.22. The second-order valence-corrected chi connectivity index (χ2v) is 4.62. The fourth-order valence-electron chi connectivity index (χ4n) is 2.13. The molecule has 1 nitrogen and oxygen atoms in total. The molecule has 0 bridgehead atoms. The summed E-state index contributed by atoms with van der Waals surface area (Å²) in [5, 5.41) is 2.05. The number of aromatic amines is 1. The lowest BCUT2D eigenvalue weighted by Gasteiger charge is -2.04. The zero-order valence-corrected chi connectivity index (χ0v) is 10.3. The van der Waals surface area contributed by atoms with E-state index in [0.29, 0.717) is 0 Å². The topological polar surface area (TPSA) is 15.8 Å². The zero-order valence-electron chi connectivity index (χ0n) is 9.50. The van der Waals surface area contributed by atoms with Gasteiger partial charge >= 0.3 is 0 Å². The maximum absolute atomic E-state index is 6.20. The summed E-state index contributed by atoms with van der Waals surface area (Å²) in [5.74, 6) is 0. The van der Waals surface area contributed by atoms with Crippen molar-refractivity contribution in [2.45, 2.75) is 6.92 Å². The van der Waals surface area contributed by atoms with Crippen molar-refractivity contribution in [2.24, 2.45) is 0 Å². The average Bonchev–Trinajstić information content (AvgIpc) is 2.71. The molecule has 0 amide bonds. The van der Waals surface area contributed by atoms with E-state index in [1.807, 2.05) is 30.5 Å². The molecule has 3 aromatic rings. The normalized spacial score (nSPS) is 10.9. The largest absolute Gasteiger partial charge is 0.361 e. The van der Waals surface area contributed by atoms with Crippen molar-refractivity contribution < 1.29 is 0 Å². The van der Waals surface area contributed by atoms with Crippen molar-refractivity contribution >= 4 is 22.5 Å². The Morgan fingerprint density at radius 2 is 1.88 bits per heavy atom. The molecule has 0 fully saturated rings. The smallest absolute Gasteiger partial charge is 0.0484 e. The molecule has 0 atom stereocenters. The zero-order chi connectivity index (χ0) is 11.8. The number of aromatic nitrogens is 1. The van der Waals surface area contributed by atoms with Gasteiger partial charge in [-0.2, -0.15) is 0 Å². The van der Waals surface area contributed by atoms with E-state index < -0.39 is 0 Å². The summed E-state index contributed by atoms with van der Waals surface area (Å²) in [4.78, 5) is 3.27. The van der Waals surface area contributed by atoms with E-state index in [1.54, 1.807) is 0 Å². The van der Waals surface area contributed by atoms with Crippen molar-refractivity contribution in [1.82, 2.24) is 4.98 Å². The van der Waals surface area contributed by atoms with Gasteiger partial charge in [-0.1, -0.05) is 41.9 Å². The van der Waals surface area contributed by atoms with Crippen LogP contribution in [0.2, 0.25) is 5.02 Å². The summed E-state index contributed by atoms with van der Waals surface area (Å²) in [6.45, 7) is 2.11. The molecule has 0 spiro atoms. The number of fused-ring (bicyclic) bond motifs is 1. The number of hydrogen-bond acceptors (Lipinski definition) is 0.